The van der Waals surface area contributed by atoms with Crippen molar-refractivity contribution in [3.8, 4) is 11.4 Å². The first kappa shape index (κ1) is 22.8. The predicted molar refractivity (Wildman–Crippen MR) is 136 cm³/mol. The van der Waals surface area contributed by atoms with Crippen LogP contribution in [0.3, 0.4) is 0 Å². The molecule has 4 rings (SSSR count). The van der Waals surface area contributed by atoms with Gasteiger partial charge in [0.05, 0.1) is 5.75 Å². The first-order chi connectivity index (χ1) is 16.1. The molecule has 1 amide bonds. The molecule has 5 nitrogen and oxygen atoms in total. The van der Waals surface area contributed by atoms with Crippen LogP contribution in [0.15, 0.2) is 96.7 Å². The molecule has 0 aliphatic carbocycles. The van der Waals surface area contributed by atoms with E-state index in [0.717, 1.165) is 23.2 Å². The van der Waals surface area contributed by atoms with Gasteiger partial charge in [-0.05, 0) is 47.9 Å². The Labute approximate surface area is 202 Å². The number of carbonyl (C=O) groups excluding carboxylic acids is 1. The number of thioether (sulfide) groups is 1. The van der Waals surface area contributed by atoms with Crippen molar-refractivity contribution in [3.05, 3.63) is 108 Å². The molecule has 1 N–H and O–H groups in total. The smallest absolute Gasteiger partial charge is 0.234 e. The molecule has 0 aliphatic rings. The van der Waals surface area contributed by atoms with Gasteiger partial charge in [-0.25, -0.2) is 0 Å². The van der Waals surface area contributed by atoms with Gasteiger partial charge < -0.3 is 5.32 Å². The molecular weight excluding hydrogens is 452 g/mol. The minimum atomic E-state index is -0.0956. The lowest BCUT2D eigenvalue weighted by molar-refractivity contribution is -0.113. The third-order valence-corrected chi connectivity index (χ3v) is 6.21. The summed E-state index contributed by atoms with van der Waals surface area (Å²) in [7, 11) is 0. The Kier molecular flexibility index (Phi) is 7.60. The highest BCUT2D eigenvalue weighted by Crippen LogP contribution is 2.26. The summed E-state index contributed by atoms with van der Waals surface area (Å²) in [5, 5.41) is 13.0. The van der Waals surface area contributed by atoms with Crippen molar-refractivity contribution in [1.29, 1.82) is 0 Å². The molecule has 0 spiro atoms. The molecule has 0 saturated heterocycles. The Morgan fingerprint density at radius 2 is 1.73 bits per heavy atom. The monoisotopic (exact) mass is 474 g/mol. The van der Waals surface area contributed by atoms with Crippen LogP contribution in [-0.4, -0.2) is 26.4 Å². The number of halogens is 1. The fraction of sp³-hybridized carbons (Fsp3) is 0.115. The molecule has 0 radical (unpaired) electrons. The molecule has 7 heteroatoms. The topological polar surface area (TPSA) is 59.8 Å². The SMILES string of the molecule is C=CCn1c(SCC(=O)Nc2ccccc2Cc2ccccc2)nnc1-c1ccc(Cl)cc1. The number of aromatic nitrogens is 3. The quantitative estimate of drug-likeness (QED) is 0.235. The molecular formula is C26H23ClN4OS. The van der Waals surface area contributed by atoms with Gasteiger partial charge in [0, 0.05) is 22.8 Å². The van der Waals surface area contributed by atoms with E-state index in [1.807, 2.05) is 71.3 Å². The molecule has 0 saturated carbocycles. The van der Waals surface area contributed by atoms with Gasteiger partial charge in [0.2, 0.25) is 5.91 Å². The second-order valence-corrected chi connectivity index (χ2v) is 8.75. The lowest BCUT2D eigenvalue weighted by Gasteiger charge is -2.11. The highest BCUT2D eigenvalue weighted by atomic mass is 35.5. The minimum Gasteiger partial charge on any atom is -0.325 e. The van der Waals surface area contributed by atoms with E-state index in [1.165, 1.54) is 17.3 Å². The molecule has 0 atom stereocenters. The Hall–Kier alpha value is -3.35. The number of anilines is 1. The number of hydrogen-bond acceptors (Lipinski definition) is 4. The van der Waals surface area contributed by atoms with Crippen molar-refractivity contribution in [2.45, 2.75) is 18.1 Å². The van der Waals surface area contributed by atoms with E-state index in [-0.39, 0.29) is 11.7 Å². The maximum atomic E-state index is 12.7. The average molecular weight is 475 g/mol. The second-order valence-electron chi connectivity index (χ2n) is 7.37. The van der Waals surface area contributed by atoms with E-state index in [9.17, 15) is 4.79 Å². The number of rotatable bonds is 9. The van der Waals surface area contributed by atoms with Crippen LogP contribution in [0.2, 0.25) is 5.02 Å². The van der Waals surface area contributed by atoms with Crippen molar-refractivity contribution < 1.29 is 4.79 Å². The van der Waals surface area contributed by atoms with Crippen molar-refractivity contribution >= 4 is 35.0 Å². The van der Waals surface area contributed by atoms with Crippen LogP contribution in [0.25, 0.3) is 11.4 Å². The van der Waals surface area contributed by atoms with Crippen LogP contribution < -0.4 is 5.32 Å². The van der Waals surface area contributed by atoms with Crippen molar-refractivity contribution in [1.82, 2.24) is 14.8 Å². The van der Waals surface area contributed by atoms with Gasteiger partial charge in [-0.15, -0.1) is 16.8 Å². The van der Waals surface area contributed by atoms with Crippen LogP contribution in [0.1, 0.15) is 11.1 Å². The Morgan fingerprint density at radius 3 is 2.48 bits per heavy atom. The van der Waals surface area contributed by atoms with Gasteiger partial charge in [0.25, 0.3) is 0 Å². The molecule has 3 aromatic carbocycles. The summed E-state index contributed by atoms with van der Waals surface area (Å²) < 4.78 is 1.94. The molecule has 0 aliphatic heterocycles. The Balaban J connectivity index is 1.44. The van der Waals surface area contributed by atoms with Gasteiger partial charge >= 0.3 is 0 Å². The van der Waals surface area contributed by atoms with E-state index >= 15 is 0 Å². The number of amides is 1. The third kappa shape index (κ3) is 5.92. The van der Waals surface area contributed by atoms with Crippen molar-refractivity contribution in [2.75, 3.05) is 11.1 Å². The van der Waals surface area contributed by atoms with Crippen LogP contribution in [0.4, 0.5) is 5.69 Å². The summed E-state index contributed by atoms with van der Waals surface area (Å²) in [6, 6.07) is 25.5. The molecule has 0 fully saturated rings. The lowest BCUT2D eigenvalue weighted by atomic mass is 10.0. The first-order valence-corrected chi connectivity index (χ1v) is 11.8. The molecule has 0 bridgehead atoms. The van der Waals surface area contributed by atoms with Gasteiger partial charge in [-0.2, -0.15) is 0 Å². The van der Waals surface area contributed by atoms with Gasteiger partial charge in [-0.3, -0.25) is 9.36 Å². The molecule has 1 heterocycles. The van der Waals surface area contributed by atoms with Crippen LogP contribution in [0, 0.1) is 0 Å². The van der Waals surface area contributed by atoms with Crippen LogP contribution >= 0.6 is 23.4 Å². The number of para-hydroxylation sites is 1. The molecule has 4 aromatic rings. The number of nitrogens with zero attached hydrogens (tertiary/aromatic N) is 3. The van der Waals surface area contributed by atoms with E-state index in [0.29, 0.717) is 22.5 Å². The Morgan fingerprint density at radius 1 is 1.00 bits per heavy atom. The first-order valence-electron chi connectivity index (χ1n) is 10.5. The van der Waals surface area contributed by atoms with Gasteiger partial charge in [-0.1, -0.05) is 78.0 Å². The molecule has 0 unspecified atom stereocenters. The zero-order valence-electron chi connectivity index (χ0n) is 17.9. The van der Waals surface area contributed by atoms with Crippen molar-refractivity contribution in [3.63, 3.8) is 0 Å². The van der Waals surface area contributed by atoms with Gasteiger partial charge in [0.15, 0.2) is 11.0 Å². The normalized spacial score (nSPS) is 10.7. The number of allylic oxidation sites excluding steroid dienone is 1. The minimum absolute atomic E-state index is 0.0956. The van der Waals surface area contributed by atoms with E-state index < -0.39 is 0 Å². The zero-order chi connectivity index (χ0) is 23.0. The van der Waals surface area contributed by atoms with Crippen molar-refractivity contribution in [2.24, 2.45) is 0 Å². The molecule has 33 heavy (non-hydrogen) atoms. The average Bonchev–Trinajstić information content (AvgIpc) is 3.23. The number of benzene rings is 3. The predicted octanol–water partition coefficient (Wildman–Crippen LogP) is 6.11. The zero-order valence-corrected chi connectivity index (χ0v) is 19.5. The van der Waals surface area contributed by atoms with E-state index in [1.54, 1.807) is 6.08 Å². The van der Waals surface area contributed by atoms with Crippen LogP contribution in [-0.2, 0) is 17.8 Å². The maximum absolute atomic E-state index is 12.7. The summed E-state index contributed by atoms with van der Waals surface area (Å²) >= 11 is 7.35. The summed E-state index contributed by atoms with van der Waals surface area (Å²) in [6.45, 7) is 4.37. The number of nitrogens with one attached hydrogen (secondary N) is 1. The van der Waals surface area contributed by atoms with Gasteiger partial charge in [0.1, 0.15) is 0 Å². The summed E-state index contributed by atoms with van der Waals surface area (Å²) in [4.78, 5) is 12.7. The molecule has 166 valence electrons. The van der Waals surface area contributed by atoms with E-state index in [4.69, 9.17) is 11.6 Å². The summed E-state index contributed by atoms with van der Waals surface area (Å²) in [6.07, 6.45) is 2.54. The lowest BCUT2D eigenvalue weighted by Crippen LogP contribution is -2.16. The maximum Gasteiger partial charge on any atom is 0.234 e. The van der Waals surface area contributed by atoms with Crippen LogP contribution in [0.5, 0.6) is 0 Å². The Bertz CT molecular complexity index is 1240. The number of carbonyl (C=O) groups is 1. The van der Waals surface area contributed by atoms with E-state index in [2.05, 4.69) is 34.2 Å². The standard InChI is InChI=1S/C26H23ClN4OS/c1-2-16-31-25(20-12-14-22(27)15-13-20)29-30-26(31)33-18-24(32)28-23-11-7-6-10-21(23)17-19-8-4-3-5-9-19/h2-15H,1,16-18H2,(H,28,32). The second kappa shape index (κ2) is 11.0. The summed E-state index contributed by atoms with van der Waals surface area (Å²) in [5.41, 5.74) is 3.99. The fourth-order valence-electron chi connectivity index (χ4n) is 3.43. The highest BCUT2D eigenvalue weighted by Gasteiger charge is 2.15. The fourth-order valence-corrected chi connectivity index (χ4v) is 4.30. The largest absolute Gasteiger partial charge is 0.325 e. The molecule has 1 aromatic heterocycles. The summed E-state index contributed by atoms with van der Waals surface area (Å²) in [5.74, 6) is 0.833. The third-order valence-electron chi connectivity index (χ3n) is 4.99. The highest BCUT2D eigenvalue weighted by molar-refractivity contribution is 7.99. The number of hydrogen-bond donors (Lipinski definition) is 1.